The van der Waals surface area contributed by atoms with Crippen molar-refractivity contribution in [1.82, 2.24) is 0 Å². The number of sulfone groups is 1. The average Bonchev–Trinajstić information content (AvgIpc) is 3.03. The Morgan fingerprint density at radius 1 is 1.13 bits per heavy atom. The van der Waals surface area contributed by atoms with E-state index in [1.165, 1.54) is 0 Å². The summed E-state index contributed by atoms with van der Waals surface area (Å²) in [5.74, 6) is -0.0978. The molecule has 0 amide bonds. The van der Waals surface area contributed by atoms with Crippen LogP contribution in [0.15, 0.2) is 53.1 Å². The molecule has 0 aromatic heterocycles. The van der Waals surface area contributed by atoms with Gasteiger partial charge in [0.05, 0.1) is 25.1 Å². The maximum absolute atomic E-state index is 12.3. The van der Waals surface area contributed by atoms with Crippen LogP contribution in [0.4, 0.5) is 0 Å². The number of hydrogen-bond donors (Lipinski definition) is 4. The topological polar surface area (TPSA) is 115 Å². The Kier molecular flexibility index (Phi) is 7.54. The molecular weight excluding hydrogens is 416 g/mol. The molecule has 3 rings (SSSR count). The van der Waals surface area contributed by atoms with E-state index in [0.29, 0.717) is 12.8 Å². The van der Waals surface area contributed by atoms with Crippen LogP contribution in [0.1, 0.15) is 38.2 Å². The molecule has 0 fully saturated rings. The summed E-state index contributed by atoms with van der Waals surface area (Å²) in [6, 6.07) is 11.1. The summed E-state index contributed by atoms with van der Waals surface area (Å²) >= 11 is 0. The third kappa shape index (κ3) is 5.01. The summed E-state index contributed by atoms with van der Waals surface area (Å²) in [6.45, 7) is 1.02. The summed E-state index contributed by atoms with van der Waals surface area (Å²) in [7, 11) is -3.60. The highest BCUT2D eigenvalue weighted by Gasteiger charge is 2.40. The number of hydrogen-bond acceptors (Lipinski definition) is 6. The van der Waals surface area contributed by atoms with Crippen LogP contribution in [0, 0.1) is 0 Å². The molecule has 0 aliphatic carbocycles. The molecule has 4 N–H and O–H groups in total. The average molecular weight is 447 g/mol. The second kappa shape index (κ2) is 9.96. The summed E-state index contributed by atoms with van der Waals surface area (Å²) in [5, 5.41) is 40.6. The van der Waals surface area contributed by atoms with Crippen molar-refractivity contribution in [1.29, 1.82) is 0 Å². The first-order chi connectivity index (χ1) is 14.8. The van der Waals surface area contributed by atoms with Gasteiger partial charge in [-0.05, 0) is 47.4 Å². The molecule has 31 heavy (non-hydrogen) atoms. The van der Waals surface area contributed by atoms with Crippen LogP contribution in [0.3, 0.4) is 0 Å². The normalized spacial score (nSPS) is 19.9. The first kappa shape index (κ1) is 23.5. The molecular formula is C24H30O6S. The third-order valence-corrected chi connectivity index (χ3v) is 7.90. The third-order valence-electron chi connectivity index (χ3n) is 5.88. The molecule has 2 aromatic carbocycles. The van der Waals surface area contributed by atoms with E-state index < -0.39 is 34.4 Å². The fraction of sp³-hybridized carbons (Fsp3) is 0.417. The standard InChI is InChI=1S/C24H30O6S/c1-2-5-16(12-17-9-11-21(27)20-7-4-3-6-19(17)20)8-10-22(28)24-18(13-25)15-31(29,30)23(24)14-26/h3-4,6-7,9,11-12,22-23,25-28H,2,5,8,10,13-15H2,1H3/b16-12+/t22-,23+/m1/s1. The fourth-order valence-corrected chi connectivity index (χ4v) is 6.25. The number of allylic oxidation sites excluding steroid dienone is 1. The minimum Gasteiger partial charge on any atom is -0.507 e. The zero-order valence-electron chi connectivity index (χ0n) is 17.7. The molecule has 1 heterocycles. The van der Waals surface area contributed by atoms with Gasteiger partial charge in [-0.1, -0.05) is 55.3 Å². The Morgan fingerprint density at radius 3 is 2.48 bits per heavy atom. The van der Waals surface area contributed by atoms with Crippen LogP contribution in [-0.4, -0.2) is 59.2 Å². The number of aromatic hydroxyl groups is 1. The summed E-state index contributed by atoms with van der Waals surface area (Å²) in [6.07, 6.45) is 3.59. The van der Waals surface area contributed by atoms with Gasteiger partial charge in [0.15, 0.2) is 9.84 Å². The Bertz CT molecular complexity index is 1100. The maximum atomic E-state index is 12.3. The van der Waals surface area contributed by atoms with Crippen molar-refractivity contribution in [2.45, 2.75) is 44.0 Å². The van der Waals surface area contributed by atoms with Crippen LogP contribution < -0.4 is 0 Å². The lowest BCUT2D eigenvalue weighted by atomic mass is 9.93. The van der Waals surface area contributed by atoms with Crippen LogP contribution >= 0.6 is 0 Å². The second-order valence-corrected chi connectivity index (χ2v) is 10.2. The maximum Gasteiger partial charge on any atom is 0.163 e. The molecule has 0 saturated carbocycles. The highest BCUT2D eigenvalue weighted by molar-refractivity contribution is 7.92. The van der Waals surface area contributed by atoms with Crippen LogP contribution in [0.2, 0.25) is 0 Å². The molecule has 1 aliphatic rings. The Morgan fingerprint density at radius 2 is 1.84 bits per heavy atom. The molecule has 7 heteroatoms. The monoisotopic (exact) mass is 446 g/mol. The van der Waals surface area contributed by atoms with Crippen LogP contribution in [-0.2, 0) is 9.84 Å². The van der Waals surface area contributed by atoms with E-state index in [4.69, 9.17) is 0 Å². The van der Waals surface area contributed by atoms with E-state index in [0.717, 1.165) is 34.8 Å². The van der Waals surface area contributed by atoms with Gasteiger partial charge in [0.1, 0.15) is 11.0 Å². The molecule has 0 unspecified atom stereocenters. The molecule has 0 bridgehead atoms. The van der Waals surface area contributed by atoms with Gasteiger partial charge in [-0.25, -0.2) is 8.42 Å². The number of aliphatic hydroxyl groups excluding tert-OH is 3. The molecule has 0 spiro atoms. The van der Waals surface area contributed by atoms with E-state index >= 15 is 0 Å². The summed E-state index contributed by atoms with van der Waals surface area (Å²) < 4.78 is 24.5. The lowest BCUT2D eigenvalue weighted by molar-refractivity contribution is 0.186. The van der Waals surface area contributed by atoms with E-state index in [2.05, 4.69) is 13.0 Å². The smallest absolute Gasteiger partial charge is 0.163 e. The molecule has 0 saturated heterocycles. The quantitative estimate of drug-likeness (QED) is 0.440. The SMILES string of the molecule is CCC/C(=C\c1ccc(O)c2ccccc12)CC[C@@H](O)C1=C(CO)CS(=O)(=O)[C@H]1CO. The number of phenolic OH excluding ortho intramolecular Hbond substituents is 1. The van der Waals surface area contributed by atoms with E-state index in [-0.39, 0.29) is 22.6 Å². The number of benzene rings is 2. The highest BCUT2D eigenvalue weighted by Crippen LogP contribution is 2.33. The van der Waals surface area contributed by atoms with E-state index in [1.54, 1.807) is 6.07 Å². The van der Waals surface area contributed by atoms with Crippen molar-refractivity contribution in [3.05, 3.63) is 58.7 Å². The molecule has 2 atom stereocenters. The molecule has 0 radical (unpaired) electrons. The van der Waals surface area contributed by atoms with Crippen molar-refractivity contribution in [2.75, 3.05) is 19.0 Å². The predicted octanol–water partition coefficient (Wildman–Crippen LogP) is 2.95. The van der Waals surface area contributed by atoms with Gasteiger partial charge in [0.2, 0.25) is 0 Å². The summed E-state index contributed by atoms with van der Waals surface area (Å²) in [4.78, 5) is 0. The Hall–Kier alpha value is -2.19. The minimum atomic E-state index is -3.60. The van der Waals surface area contributed by atoms with Crippen molar-refractivity contribution in [3.8, 4) is 5.75 Å². The van der Waals surface area contributed by atoms with Gasteiger partial charge in [-0.15, -0.1) is 0 Å². The lowest BCUT2D eigenvalue weighted by Crippen LogP contribution is -2.29. The lowest BCUT2D eigenvalue weighted by Gasteiger charge is -2.19. The largest absolute Gasteiger partial charge is 0.507 e. The van der Waals surface area contributed by atoms with Crippen molar-refractivity contribution < 1.29 is 28.8 Å². The zero-order valence-corrected chi connectivity index (χ0v) is 18.5. The van der Waals surface area contributed by atoms with Crippen LogP contribution in [0.5, 0.6) is 5.75 Å². The minimum absolute atomic E-state index is 0.223. The molecule has 2 aromatic rings. The summed E-state index contributed by atoms with van der Waals surface area (Å²) in [5.41, 5.74) is 2.61. The van der Waals surface area contributed by atoms with Crippen molar-refractivity contribution in [3.63, 3.8) is 0 Å². The van der Waals surface area contributed by atoms with Gasteiger partial charge >= 0.3 is 0 Å². The number of phenols is 1. The van der Waals surface area contributed by atoms with Crippen LogP contribution in [0.25, 0.3) is 16.8 Å². The number of fused-ring (bicyclic) bond motifs is 1. The van der Waals surface area contributed by atoms with Gasteiger partial charge in [-0.3, -0.25) is 0 Å². The fourth-order valence-electron chi connectivity index (χ4n) is 4.37. The second-order valence-electron chi connectivity index (χ2n) is 8.02. The predicted molar refractivity (Wildman–Crippen MR) is 123 cm³/mol. The first-order valence-electron chi connectivity index (χ1n) is 10.6. The van der Waals surface area contributed by atoms with Gasteiger partial charge in [0.25, 0.3) is 0 Å². The van der Waals surface area contributed by atoms with E-state index in [1.807, 2.05) is 30.3 Å². The Labute approximate surface area is 183 Å². The van der Waals surface area contributed by atoms with E-state index in [9.17, 15) is 28.8 Å². The number of aliphatic hydroxyl groups is 3. The zero-order chi connectivity index (χ0) is 22.6. The first-order valence-corrected chi connectivity index (χ1v) is 12.3. The number of rotatable bonds is 9. The van der Waals surface area contributed by atoms with Gasteiger partial charge in [0, 0.05) is 5.39 Å². The molecule has 1 aliphatic heterocycles. The highest BCUT2D eigenvalue weighted by atomic mass is 32.2. The van der Waals surface area contributed by atoms with Crippen molar-refractivity contribution >= 4 is 26.7 Å². The van der Waals surface area contributed by atoms with Gasteiger partial charge in [-0.2, -0.15) is 0 Å². The molecule has 168 valence electrons. The van der Waals surface area contributed by atoms with Crippen molar-refractivity contribution in [2.24, 2.45) is 0 Å². The Balaban J connectivity index is 1.85. The molecule has 6 nitrogen and oxygen atoms in total. The van der Waals surface area contributed by atoms with Gasteiger partial charge < -0.3 is 20.4 Å².